The zero-order valence-electron chi connectivity index (χ0n) is 13.0. The van der Waals surface area contributed by atoms with E-state index in [0.717, 1.165) is 24.5 Å². The van der Waals surface area contributed by atoms with Crippen molar-refractivity contribution in [2.24, 2.45) is 11.8 Å². The molecule has 0 bridgehead atoms. The number of nitrogens with zero attached hydrogens (tertiary/aromatic N) is 2. The van der Waals surface area contributed by atoms with E-state index in [0.29, 0.717) is 11.8 Å². The molecule has 0 heterocycles. The monoisotopic (exact) mass is 279 g/mol. The zero-order chi connectivity index (χ0) is 15.3. The summed E-state index contributed by atoms with van der Waals surface area (Å²) in [6.45, 7) is 10.4. The molecule has 5 heteroatoms. The van der Waals surface area contributed by atoms with E-state index in [-0.39, 0.29) is 10.6 Å². The number of nitrogens with one attached hydrogen (secondary N) is 1. The van der Waals surface area contributed by atoms with Crippen molar-refractivity contribution in [1.29, 1.82) is 0 Å². The van der Waals surface area contributed by atoms with Gasteiger partial charge in [0.2, 0.25) is 0 Å². The average Bonchev–Trinajstić information content (AvgIpc) is 2.36. The fraction of sp³-hybridized carbons (Fsp3) is 0.600. The summed E-state index contributed by atoms with van der Waals surface area (Å²) in [6.07, 6.45) is 0. The van der Waals surface area contributed by atoms with Crippen LogP contribution in [-0.2, 0) is 0 Å². The molecule has 0 unspecified atom stereocenters. The first-order valence-electron chi connectivity index (χ1n) is 7.05. The molecule has 5 nitrogen and oxygen atoms in total. The summed E-state index contributed by atoms with van der Waals surface area (Å²) in [5, 5.41) is 14.0. The summed E-state index contributed by atoms with van der Waals surface area (Å²) in [5.41, 5.74) is 1.81. The molecule has 0 amide bonds. The van der Waals surface area contributed by atoms with E-state index in [2.05, 4.69) is 37.9 Å². The standard InChI is InChI=1S/C15H25N3O2/c1-11(2)9-17(10-12(3)4)14-6-13(16-5)7-15(8-14)18(19)20/h6-8,11-12,16H,9-10H2,1-5H3. The molecule has 1 aromatic rings. The van der Waals surface area contributed by atoms with Gasteiger partial charge in [0.05, 0.1) is 4.92 Å². The minimum atomic E-state index is -0.340. The van der Waals surface area contributed by atoms with Crippen LogP contribution in [0.3, 0.4) is 0 Å². The minimum Gasteiger partial charge on any atom is -0.388 e. The Morgan fingerprint density at radius 3 is 2.10 bits per heavy atom. The lowest BCUT2D eigenvalue weighted by atomic mass is 10.1. The van der Waals surface area contributed by atoms with Crippen molar-refractivity contribution >= 4 is 17.1 Å². The highest BCUT2D eigenvalue weighted by atomic mass is 16.6. The van der Waals surface area contributed by atoms with Crippen LogP contribution in [0, 0.1) is 22.0 Å². The highest BCUT2D eigenvalue weighted by molar-refractivity contribution is 5.64. The Kier molecular flexibility index (Phi) is 5.80. The quantitative estimate of drug-likeness (QED) is 0.610. The first-order valence-corrected chi connectivity index (χ1v) is 7.05. The van der Waals surface area contributed by atoms with Gasteiger partial charge in [0.25, 0.3) is 5.69 Å². The number of rotatable bonds is 7. The normalized spacial score (nSPS) is 10.9. The number of benzene rings is 1. The second-order valence-corrected chi connectivity index (χ2v) is 5.94. The second-order valence-electron chi connectivity index (χ2n) is 5.94. The molecule has 1 aromatic carbocycles. The average molecular weight is 279 g/mol. The van der Waals surface area contributed by atoms with Crippen LogP contribution in [-0.4, -0.2) is 25.1 Å². The number of non-ortho nitro benzene ring substituents is 1. The fourth-order valence-corrected chi connectivity index (χ4v) is 2.19. The third-order valence-electron chi connectivity index (χ3n) is 2.94. The molecule has 0 fully saturated rings. The van der Waals surface area contributed by atoms with Crippen LogP contribution in [0.15, 0.2) is 18.2 Å². The first-order chi connectivity index (χ1) is 9.33. The molecule has 1 N–H and O–H groups in total. The third kappa shape index (κ3) is 4.72. The van der Waals surface area contributed by atoms with Gasteiger partial charge in [-0.3, -0.25) is 10.1 Å². The number of nitro groups is 1. The van der Waals surface area contributed by atoms with E-state index in [1.165, 1.54) is 0 Å². The van der Waals surface area contributed by atoms with Gasteiger partial charge >= 0.3 is 0 Å². The maximum Gasteiger partial charge on any atom is 0.273 e. The van der Waals surface area contributed by atoms with Gasteiger partial charge in [-0.2, -0.15) is 0 Å². The Bertz CT molecular complexity index is 448. The van der Waals surface area contributed by atoms with Crippen LogP contribution in [0.25, 0.3) is 0 Å². The van der Waals surface area contributed by atoms with Crippen LogP contribution in [0.5, 0.6) is 0 Å². The van der Waals surface area contributed by atoms with Crippen molar-refractivity contribution in [3.05, 3.63) is 28.3 Å². The van der Waals surface area contributed by atoms with E-state index in [9.17, 15) is 10.1 Å². The predicted octanol–water partition coefficient (Wildman–Crippen LogP) is 3.75. The topological polar surface area (TPSA) is 58.4 Å². The molecule has 20 heavy (non-hydrogen) atoms. The number of anilines is 2. The Morgan fingerprint density at radius 2 is 1.70 bits per heavy atom. The van der Waals surface area contributed by atoms with E-state index in [4.69, 9.17) is 0 Å². The van der Waals surface area contributed by atoms with Gasteiger partial charge < -0.3 is 10.2 Å². The SMILES string of the molecule is CNc1cc(N(CC(C)C)CC(C)C)cc([N+](=O)[O-])c1. The summed E-state index contributed by atoms with van der Waals surface area (Å²) in [6, 6.07) is 5.19. The van der Waals surface area contributed by atoms with Crippen molar-refractivity contribution < 1.29 is 4.92 Å². The van der Waals surface area contributed by atoms with E-state index < -0.39 is 0 Å². The lowest BCUT2D eigenvalue weighted by molar-refractivity contribution is -0.384. The van der Waals surface area contributed by atoms with Crippen molar-refractivity contribution in [2.45, 2.75) is 27.7 Å². The number of nitro benzene ring substituents is 1. The lowest BCUT2D eigenvalue weighted by Crippen LogP contribution is -2.31. The van der Waals surface area contributed by atoms with E-state index in [1.54, 1.807) is 19.2 Å². The maximum atomic E-state index is 11.0. The molecule has 112 valence electrons. The summed E-state index contributed by atoms with van der Waals surface area (Å²) < 4.78 is 0. The van der Waals surface area contributed by atoms with E-state index in [1.807, 2.05) is 6.07 Å². The van der Waals surface area contributed by atoms with Crippen molar-refractivity contribution in [3.8, 4) is 0 Å². The van der Waals surface area contributed by atoms with Crippen LogP contribution in [0.1, 0.15) is 27.7 Å². The first kappa shape index (κ1) is 16.3. The maximum absolute atomic E-state index is 11.0. The molecule has 0 aliphatic rings. The van der Waals surface area contributed by atoms with Crippen molar-refractivity contribution in [2.75, 3.05) is 30.4 Å². The summed E-state index contributed by atoms with van der Waals surface area (Å²) in [4.78, 5) is 12.9. The third-order valence-corrected chi connectivity index (χ3v) is 2.94. The Labute approximate surface area is 121 Å². The van der Waals surface area contributed by atoms with Crippen LogP contribution in [0.2, 0.25) is 0 Å². The van der Waals surface area contributed by atoms with Gasteiger partial charge in [0.15, 0.2) is 0 Å². The highest BCUT2D eigenvalue weighted by Gasteiger charge is 2.16. The summed E-state index contributed by atoms with van der Waals surface area (Å²) in [5.74, 6) is 1.01. The van der Waals surface area contributed by atoms with Gasteiger partial charge in [-0.15, -0.1) is 0 Å². The zero-order valence-corrected chi connectivity index (χ0v) is 13.0. The molecule has 0 saturated heterocycles. The fourth-order valence-electron chi connectivity index (χ4n) is 2.19. The molecular weight excluding hydrogens is 254 g/mol. The molecule has 0 aliphatic heterocycles. The molecule has 0 spiro atoms. The smallest absolute Gasteiger partial charge is 0.273 e. The van der Waals surface area contributed by atoms with Crippen LogP contribution in [0.4, 0.5) is 17.1 Å². The Morgan fingerprint density at radius 1 is 1.15 bits per heavy atom. The molecule has 0 atom stereocenters. The summed E-state index contributed by atoms with van der Waals surface area (Å²) >= 11 is 0. The molecule has 0 radical (unpaired) electrons. The molecular formula is C15H25N3O2. The van der Waals surface area contributed by atoms with E-state index >= 15 is 0 Å². The van der Waals surface area contributed by atoms with Crippen molar-refractivity contribution in [3.63, 3.8) is 0 Å². The van der Waals surface area contributed by atoms with Gasteiger partial charge in [0, 0.05) is 43.6 Å². The van der Waals surface area contributed by atoms with Gasteiger partial charge in [-0.05, 0) is 17.9 Å². The van der Waals surface area contributed by atoms with Crippen LogP contribution >= 0.6 is 0 Å². The highest BCUT2D eigenvalue weighted by Crippen LogP contribution is 2.28. The number of hydrogen-bond donors (Lipinski definition) is 1. The lowest BCUT2D eigenvalue weighted by Gasteiger charge is -2.28. The van der Waals surface area contributed by atoms with Crippen molar-refractivity contribution in [1.82, 2.24) is 0 Å². The second kappa shape index (κ2) is 7.12. The molecule has 0 saturated carbocycles. The summed E-state index contributed by atoms with van der Waals surface area (Å²) in [7, 11) is 1.78. The minimum absolute atomic E-state index is 0.129. The Balaban J connectivity index is 3.16. The van der Waals surface area contributed by atoms with Gasteiger partial charge in [-0.1, -0.05) is 27.7 Å². The largest absolute Gasteiger partial charge is 0.388 e. The van der Waals surface area contributed by atoms with Crippen LogP contribution < -0.4 is 10.2 Å². The Hall–Kier alpha value is -1.78. The number of hydrogen-bond acceptors (Lipinski definition) is 4. The predicted molar refractivity (Wildman–Crippen MR) is 84.5 cm³/mol. The van der Waals surface area contributed by atoms with Gasteiger partial charge in [0.1, 0.15) is 0 Å². The molecule has 0 aliphatic carbocycles. The van der Waals surface area contributed by atoms with Gasteiger partial charge in [-0.25, -0.2) is 0 Å². The molecule has 1 rings (SSSR count). The molecule has 0 aromatic heterocycles.